The van der Waals surface area contributed by atoms with Gasteiger partial charge in [0.05, 0.1) is 5.69 Å². The number of anilines is 1. The van der Waals surface area contributed by atoms with Crippen LogP contribution >= 0.6 is 0 Å². The first-order valence-corrected chi connectivity index (χ1v) is 11.2. The Kier molecular flexibility index (Phi) is 6.47. The van der Waals surface area contributed by atoms with Crippen LogP contribution in [0.1, 0.15) is 64.2 Å². The Morgan fingerprint density at radius 1 is 0.931 bits per heavy atom. The van der Waals surface area contributed by atoms with Gasteiger partial charge in [0.15, 0.2) is 0 Å². The van der Waals surface area contributed by atoms with Crippen LogP contribution in [0.4, 0.5) is 5.69 Å². The van der Waals surface area contributed by atoms with Crippen molar-refractivity contribution in [1.29, 1.82) is 0 Å². The van der Waals surface area contributed by atoms with E-state index in [1.807, 2.05) is 35.2 Å². The molecule has 1 heterocycles. The maximum absolute atomic E-state index is 13.2. The number of hydrazone groups is 1. The molecule has 1 saturated heterocycles. The molecule has 1 atom stereocenters. The van der Waals surface area contributed by atoms with Crippen LogP contribution in [0, 0.1) is 5.92 Å². The number of nitrogens with one attached hydrogen (secondary N) is 2. The quantitative estimate of drug-likeness (QED) is 0.746. The molecule has 29 heavy (non-hydrogen) atoms. The lowest BCUT2D eigenvalue weighted by Gasteiger charge is -2.31. The van der Waals surface area contributed by atoms with Crippen molar-refractivity contribution in [3.05, 3.63) is 30.3 Å². The zero-order valence-electron chi connectivity index (χ0n) is 17.1. The predicted octanol–water partition coefficient (Wildman–Crippen LogP) is 3.69. The van der Waals surface area contributed by atoms with Crippen molar-refractivity contribution < 1.29 is 9.59 Å². The molecule has 0 spiro atoms. The summed E-state index contributed by atoms with van der Waals surface area (Å²) in [6.07, 6.45) is 11.3. The van der Waals surface area contributed by atoms with Crippen LogP contribution < -0.4 is 10.7 Å². The highest BCUT2D eigenvalue weighted by Crippen LogP contribution is 2.28. The topological polar surface area (TPSA) is 73.8 Å². The number of hydrogen-bond acceptors (Lipinski definition) is 4. The fourth-order valence-corrected chi connectivity index (χ4v) is 4.89. The molecule has 2 amide bonds. The highest BCUT2D eigenvalue weighted by Gasteiger charge is 2.44. The van der Waals surface area contributed by atoms with Crippen LogP contribution in [-0.2, 0) is 9.59 Å². The average molecular weight is 397 g/mol. The average Bonchev–Trinajstić information content (AvgIpc) is 3.11. The monoisotopic (exact) mass is 396 g/mol. The summed E-state index contributed by atoms with van der Waals surface area (Å²) in [7, 11) is 0. The molecule has 2 N–H and O–H groups in total. The van der Waals surface area contributed by atoms with E-state index < -0.39 is 5.92 Å². The summed E-state index contributed by atoms with van der Waals surface area (Å²) in [6, 6.07) is 10.0. The van der Waals surface area contributed by atoms with Crippen LogP contribution in [0.3, 0.4) is 0 Å². The van der Waals surface area contributed by atoms with Gasteiger partial charge >= 0.3 is 0 Å². The van der Waals surface area contributed by atoms with Crippen molar-refractivity contribution in [2.45, 2.75) is 76.3 Å². The number of rotatable bonds is 5. The fraction of sp³-hybridized carbons (Fsp3) is 0.609. The number of para-hydroxylation sites is 1. The highest BCUT2D eigenvalue weighted by atomic mass is 16.2. The van der Waals surface area contributed by atoms with Gasteiger partial charge in [0, 0.05) is 18.6 Å². The van der Waals surface area contributed by atoms with Gasteiger partial charge in [0.2, 0.25) is 5.91 Å². The van der Waals surface area contributed by atoms with E-state index in [2.05, 4.69) is 15.8 Å². The SMILES string of the molecule is O=C(NC1CCCCC1)[C@H]1CN(C2CCCCC2)C(=O)/C1=N/Nc1ccccc1. The molecule has 1 aliphatic heterocycles. The van der Waals surface area contributed by atoms with Gasteiger partial charge in [-0.3, -0.25) is 15.0 Å². The van der Waals surface area contributed by atoms with Gasteiger partial charge < -0.3 is 10.2 Å². The summed E-state index contributed by atoms with van der Waals surface area (Å²) in [5, 5.41) is 7.64. The third-order valence-electron chi connectivity index (χ3n) is 6.55. The summed E-state index contributed by atoms with van der Waals surface area (Å²) in [6.45, 7) is 0.456. The Balaban J connectivity index is 1.51. The molecule has 0 unspecified atom stereocenters. The second kappa shape index (κ2) is 9.42. The van der Waals surface area contributed by atoms with E-state index >= 15 is 0 Å². The normalized spacial score (nSPS) is 25.4. The first-order valence-electron chi connectivity index (χ1n) is 11.2. The van der Waals surface area contributed by atoms with Crippen LogP contribution in [-0.4, -0.2) is 41.1 Å². The summed E-state index contributed by atoms with van der Waals surface area (Å²) in [5.41, 5.74) is 4.16. The Morgan fingerprint density at radius 3 is 2.28 bits per heavy atom. The van der Waals surface area contributed by atoms with E-state index in [0.29, 0.717) is 12.3 Å². The molecule has 0 aromatic heterocycles. The number of amides is 2. The summed E-state index contributed by atoms with van der Waals surface area (Å²) < 4.78 is 0. The molecule has 1 aromatic rings. The van der Waals surface area contributed by atoms with Crippen molar-refractivity contribution in [2.75, 3.05) is 12.0 Å². The Bertz CT molecular complexity index is 737. The molecule has 1 aromatic carbocycles. The van der Waals surface area contributed by atoms with Crippen LogP contribution in [0.5, 0.6) is 0 Å². The lowest BCUT2D eigenvalue weighted by atomic mass is 9.94. The molecular formula is C23H32N4O2. The Labute approximate surface area is 173 Å². The number of likely N-dealkylation sites (tertiary alicyclic amines) is 1. The molecule has 4 rings (SSSR count). The zero-order chi connectivity index (χ0) is 20.1. The van der Waals surface area contributed by atoms with E-state index in [-0.39, 0.29) is 23.9 Å². The number of nitrogens with zero attached hydrogens (tertiary/aromatic N) is 2. The van der Waals surface area contributed by atoms with E-state index in [1.165, 1.54) is 25.7 Å². The Morgan fingerprint density at radius 2 is 1.59 bits per heavy atom. The second-order valence-corrected chi connectivity index (χ2v) is 8.62. The number of carbonyl (C=O) groups excluding carboxylic acids is 2. The van der Waals surface area contributed by atoms with E-state index in [0.717, 1.165) is 44.2 Å². The standard InChI is InChI=1S/C23H32N4O2/c28-22(24-17-10-4-1-5-11-17)20-16-27(19-14-8-3-9-15-19)23(29)21(20)26-25-18-12-6-2-7-13-18/h2,6-7,12-13,17,19-20,25H,1,3-5,8-11,14-16H2,(H,24,28)/b26-21+/t20-/m0/s1. The van der Waals surface area contributed by atoms with Gasteiger partial charge in [-0.2, -0.15) is 5.10 Å². The van der Waals surface area contributed by atoms with Gasteiger partial charge in [-0.25, -0.2) is 0 Å². The first kappa shape index (κ1) is 19.9. The summed E-state index contributed by atoms with van der Waals surface area (Å²) in [5.74, 6) is -0.621. The molecule has 156 valence electrons. The van der Waals surface area contributed by atoms with E-state index in [1.54, 1.807) is 0 Å². The van der Waals surface area contributed by atoms with Gasteiger partial charge in [0.1, 0.15) is 11.6 Å². The summed E-state index contributed by atoms with van der Waals surface area (Å²) in [4.78, 5) is 28.2. The molecule has 3 aliphatic rings. The summed E-state index contributed by atoms with van der Waals surface area (Å²) >= 11 is 0. The van der Waals surface area contributed by atoms with Crippen molar-refractivity contribution in [2.24, 2.45) is 11.0 Å². The lowest BCUT2D eigenvalue weighted by Crippen LogP contribution is -2.43. The number of carbonyl (C=O) groups is 2. The molecule has 2 aliphatic carbocycles. The maximum atomic E-state index is 13.2. The molecule has 2 saturated carbocycles. The van der Waals surface area contributed by atoms with Crippen LogP contribution in [0.25, 0.3) is 0 Å². The number of hydrogen-bond donors (Lipinski definition) is 2. The maximum Gasteiger partial charge on any atom is 0.271 e. The molecule has 0 bridgehead atoms. The largest absolute Gasteiger partial charge is 0.353 e. The lowest BCUT2D eigenvalue weighted by molar-refractivity contribution is -0.125. The van der Waals surface area contributed by atoms with E-state index in [9.17, 15) is 9.59 Å². The zero-order valence-corrected chi connectivity index (χ0v) is 17.1. The van der Waals surface area contributed by atoms with E-state index in [4.69, 9.17) is 0 Å². The van der Waals surface area contributed by atoms with Gasteiger partial charge in [-0.15, -0.1) is 0 Å². The highest BCUT2D eigenvalue weighted by molar-refractivity contribution is 6.45. The van der Waals surface area contributed by atoms with Crippen molar-refractivity contribution >= 4 is 23.2 Å². The van der Waals surface area contributed by atoms with Gasteiger partial charge in [-0.1, -0.05) is 56.7 Å². The predicted molar refractivity (Wildman–Crippen MR) is 115 cm³/mol. The minimum Gasteiger partial charge on any atom is -0.353 e. The smallest absolute Gasteiger partial charge is 0.271 e. The number of benzene rings is 1. The van der Waals surface area contributed by atoms with Gasteiger partial charge in [0.25, 0.3) is 5.91 Å². The minimum absolute atomic E-state index is 0.0443. The van der Waals surface area contributed by atoms with Crippen LogP contribution in [0.2, 0.25) is 0 Å². The van der Waals surface area contributed by atoms with Gasteiger partial charge in [-0.05, 0) is 37.8 Å². The van der Waals surface area contributed by atoms with Crippen molar-refractivity contribution in [1.82, 2.24) is 10.2 Å². The third kappa shape index (κ3) is 4.80. The van der Waals surface area contributed by atoms with Crippen molar-refractivity contribution in [3.8, 4) is 0 Å². The molecular weight excluding hydrogens is 364 g/mol. The van der Waals surface area contributed by atoms with Crippen molar-refractivity contribution in [3.63, 3.8) is 0 Å². The molecule has 0 radical (unpaired) electrons. The molecule has 6 nitrogen and oxygen atoms in total. The van der Waals surface area contributed by atoms with Crippen LogP contribution in [0.15, 0.2) is 35.4 Å². The second-order valence-electron chi connectivity index (χ2n) is 8.62. The molecule has 6 heteroatoms. The minimum atomic E-state index is -0.498. The first-order chi connectivity index (χ1) is 14.2. The Hall–Kier alpha value is -2.37. The third-order valence-corrected chi connectivity index (χ3v) is 6.55. The molecule has 3 fully saturated rings. The fourth-order valence-electron chi connectivity index (χ4n) is 4.89.